The van der Waals surface area contributed by atoms with Crippen molar-refractivity contribution in [3.05, 3.63) is 65.5 Å². The number of Topliss-reactive ketones (excluding diaryl/α,β-unsaturated/α-hetero) is 1. The molecule has 0 aliphatic heterocycles. The Morgan fingerprint density at radius 2 is 1.88 bits per heavy atom. The minimum atomic E-state index is -0.224. The Kier molecular flexibility index (Phi) is 5.96. The number of nitrogens with zero attached hydrogens (tertiary/aromatic N) is 2. The number of benzene rings is 1. The number of carbonyl (C=O) groups is 2. The third kappa shape index (κ3) is 5.13. The van der Waals surface area contributed by atoms with E-state index in [9.17, 15) is 9.59 Å². The van der Waals surface area contributed by atoms with E-state index in [1.165, 1.54) is 6.26 Å². The first-order chi connectivity index (χ1) is 15.2. The highest BCUT2D eigenvalue weighted by molar-refractivity contribution is 5.94. The molecule has 0 atom stereocenters. The molecule has 0 bridgehead atoms. The van der Waals surface area contributed by atoms with Gasteiger partial charge in [-0.15, -0.1) is 0 Å². The highest BCUT2D eigenvalue weighted by atomic mass is 16.3. The van der Waals surface area contributed by atoms with Crippen molar-refractivity contribution in [3.63, 3.8) is 0 Å². The normalized spacial score (nSPS) is 13.8. The SMILES string of the molecule is Cc1cc(-c2ccnc(NC(=O)C3CC3)c2)ccc1CCC(=O)c1coc(C(C)(C)C)n1. The van der Waals surface area contributed by atoms with Gasteiger partial charge in [0, 0.05) is 24.0 Å². The second-order valence-electron chi connectivity index (χ2n) is 9.55. The fourth-order valence-corrected chi connectivity index (χ4v) is 3.53. The van der Waals surface area contributed by atoms with Crippen molar-refractivity contribution in [3.8, 4) is 11.1 Å². The van der Waals surface area contributed by atoms with Gasteiger partial charge in [-0.1, -0.05) is 39.0 Å². The van der Waals surface area contributed by atoms with Gasteiger partial charge in [0.2, 0.25) is 5.91 Å². The number of ketones is 1. The number of rotatable bonds is 7. The summed E-state index contributed by atoms with van der Waals surface area (Å²) in [5, 5.41) is 2.90. The molecule has 1 amide bonds. The minimum Gasteiger partial charge on any atom is -0.448 e. The molecule has 0 unspecified atom stereocenters. The van der Waals surface area contributed by atoms with Crippen LogP contribution in [0.2, 0.25) is 0 Å². The Hall–Kier alpha value is -3.28. The van der Waals surface area contributed by atoms with E-state index in [-0.39, 0.29) is 23.0 Å². The van der Waals surface area contributed by atoms with Gasteiger partial charge in [0.1, 0.15) is 17.8 Å². The molecular weight excluding hydrogens is 402 g/mol. The van der Waals surface area contributed by atoms with Gasteiger partial charge in [0.25, 0.3) is 0 Å². The topological polar surface area (TPSA) is 85.1 Å². The Morgan fingerprint density at radius 3 is 2.53 bits per heavy atom. The Balaban J connectivity index is 1.41. The van der Waals surface area contributed by atoms with Gasteiger partial charge in [-0.3, -0.25) is 9.59 Å². The van der Waals surface area contributed by atoms with E-state index in [2.05, 4.69) is 27.4 Å². The van der Waals surface area contributed by atoms with Crippen LogP contribution in [0.3, 0.4) is 0 Å². The number of aromatic nitrogens is 2. The second kappa shape index (κ2) is 8.69. The van der Waals surface area contributed by atoms with E-state index in [0.29, 0.717) is 30.2 Å². The van der Waals surface area contributed by atoms with E-state index in [0.717, 1.165) is 35.1 Å². The lowest BCUT2D eigenvalue weighted by molar-refractivity contribution is -0.117. The Labute approximate surface area is 188 Å². The van der Waals surface area contributed by atoms with Crippen LogP contribution in [0.15, 0.2) is 47.2 Å². The number of pyridine rings is 1. The van der Waals surface area contributed by atoms with Crippen LogP contribution < -0.4 is 5.32 Å². The number of carbonyl (C=O) groups excluding carboxylic acids is 2. The van der Waals surface area contributed by atoms with Gasteiger partial charge in [-0.2, -0.15) is 0 Å². The molecule has 1 aliphatic carbocycles. The lowest BCUT2D eigenvalue weighted by Crippen LogP contribution is -2.14. The molecule has 1 fully saturated rings. The van der Waals surface area contributed by atoms with Crippen molar-refractivity contribution in [2.24, 2.45) is 5.92 Å². The fourth-order valence-electron chi connectivity index (χ4n) is 3.53. The summed E-state index contributed by atoms with van der Waals surface area (Å²) in [6.07, 6.45) is 6.11. The first-order valence-corrected chi connectivity index (χ1v) is 11.1. The van der Waals surface area contributed by atoms with Crippen molar-refractivity contribution < 1.29 is 14.0 Å². The molecule has 0 radical (unpaired) electrons. The minimum absolute atomic E-state index is 0.0158. The molecule has 4 rings (SSSR count). The van der Waals surface area contributed by atoms with E-state index in [1.54, 1.807) is 6.20 Å². The third-order valence-electron chi connectivity index (χ3n) is 5.69. The molecule has 1 aliphatic rings. The number of anilines is 1. The summed E-state index contributed by atoms with van der Waals surface area (Å²) in [6.45, 7) is 8.06. The number of amides is 1. The number of hydrogen-bond acceptors (Lipinski definition) is 5. The largest absolute Gasteiger partial charge is 0.448 e. The van der Waals surface area contributed by atoms with Gasteiger partial charge >= 0.3 is 0 Å². The maximum atomic E-state index is 12.6. The second-order valence-corrected chi connectivity index (χ2v) is 9.55. The average Bonchev–Trinajstić information content (AvgIpc) is 3.48. The molecule has 2 heterocycles. The van der Waals surface area contributed by atoms with Gasteiger partial charge in [-0.25, -0.2) is 9.97 Å². The molecule has 1 saturated carbocycles. The quantitative estimate of drug-likeness (QED) is 0.499. The van der Waals surface area contributed by atoms with Crippen LogP contribution in [0.4, 0.5) is 5.82 Å². The van der Waals surface area contributed by atoms with E-state index < -0.39 is 0 Å². The summed E-state index contributed by atoms with van der Waals surface area (Å²) < 4.78 is 5.48. The molecule has 3 aromatic rings. The first kappa shape index (κ1) is 21.9. The van der Waals surface area contributed by atoms with Crippen molar-refractivity contribution in [1.82, 2.24) is 9.97 Å². The van der Waals surface area contributed by atoms with Crippen LogP contribution in [0.1, 0.15) is 67.5 Å². The van der Waals surface area contributed by atoms with Gasteiger partial charge in [-0.05, 0) is 60.6 Å². The van der Waals surface area contributed by atoms with Crippen LogP contribution in [-0.2, 0) is 16.6 Å². The molecule has 1 N–H and O–H groups in total. The van der Waals surface area contributed by atoms with Crippen molar-refractivity contribution in [2.45, 2.75) is 58.8 Å². The lowest BCUT2D eigenvalue weighted by atomic mass is 9.96. The smallest absolute Gasteiger partial charge is 0.228 e. The maximum Gasteiger partial charge on any atom is 0.228 e. The van der Waals surface area contributed by atoms with Gasteiger partial charge < -0.3 is 9.73 Å². The van der Waals surface area contributed by atoms with E-state index in [4.69, 9.17) is 4.42 Å². The summed E-state index contributed by atoms with van der Waals surface area (Å²) in [4.78, 5) is 33.2. The standard InChI is InChI=1S/C26H29N3O3/c1-16-13-19(20-11-12-27-23(14-20)29-24(31)18-6-7-18)8-5-17(16)9-10-22(30)21-15-32-25(28-21)26(2,3)4/h5,8,11-15,18H,6-7,9-10H2,1-4H3,(H,27,29,31). The molecule has 166 valence electrons. The summed E-state index contributed by atoms with van der Waals surface area (Å²) in [7, 11) is 0. The van der Waals surface area contributed by atoms with Gasteiger partial charge in [0.05, 0.1) is 0 Å². The Bertz CT molecular complexity index is 1150. The highest BCUT2D eigenvalue weighted by Crippen LogP contribution is 2.31. The molecule has 6 heteroatoms. The number of nitrogens with one attached hydrogen (secondary N) is 1. The number of oxazole rings is 1. The number of aryl methyl sites for hydroxylation is 2. The van der Waals surface area contributed by atoms with Crippen LogP contribution in [0, 0.1) is 12.8 Å². The van der Waals surface area contributed by atoms with Crippen LogP contribution in [0.25, 0.3) is 11.1 Å². The van der Waals surface area contributed by atoms with Crippen LogP contribution >= 0.6 is 0 Å². The summed E-state index contributed by atoms with van der Waals surface area (Å²) in [6, 6.07) is 10.0. The molecule has 0 saturated heterocycles. The summed E-state index contributed by atoms with van der Waals surface area (Å²) in [5.41, 5.74) is 4.45. The summed E-state index contributed by atoms with van der Waals surface area (Å²) >= 11 is 0. The molecule has 6 nitrogen and oxygen atoms in total. The zero-order chi connectivity index (χ0) is 22.9. The van der Waals surface area contributed by atoms with Crippen LogP contribution in [0.5, 0.6) is 0 Å². The number of hydrogen-bond donors (Lipinski definition) is 1. The molecule has 32 heavy (non-hydrogen) atoms. The molecule has 0 spiro atoms. The zero-order valence-corrected chi connectivity index (χ0v) is 19.1. The Morgan fingerprint density at radius 1 is 1.12 bits per heavy atom. The van der Waals surface area contributed by atoms with Crippen molar-refractivity contribution in [2.75, 3.05) is 5.32 Å². The summed E-state index contributed by atoms with van der Waals surface area (Å²) in [5.74, 6) is 1.33. The predicted octanol–water partition coefficient (Wildman–Crippen LogP) is 5.51. The monoisotopic (exact) mass is 431 g/mol. The van der Waals surface area contributed by atoms with Crippen molar-refractivity contribution in [1.29, 1.82) is 0 Å². The van der Waals surface area contributed by atoms with Crippen LogP contribution in [-0.4, -0.2) is 21.7 Å². The third-order valence-corrected chi connectivity index (χ3v) is 5.69. The predicted molar refractivity (Wildman–Crippen MR) is 124 cm³/mol. The molecular formula is C26H29N3O3. The lowest BCUT2D eigenvalue weighted by Gasteiger charge is -2.11. The molecule has 1 aromatic carbocycles. The van der Waals surface area contributed by atoms with Gasteiger partial charge in [0.15, 0.2) is 11.7 Å². The van der Waals surface area contributed by atoms with Crippen molar-refractivity contribution >= 4 is 17.5 Å². The molecule has 2 aromatic heterocycles. The maximum absolute atomic E-state index is 12.6. The average molecular weight is 432 g/mol. The highest BCUT2D eigenvalue weighted by Gasteiger charge is 2.29. The fraction of sp³-hybridized carbons (Fsp3) is 0.385. The van der Waals surface area contributed by atoms with E-state index >= 15 is 0 Å². The first-order valence-electron chi connectivity index (χ1n) is 11.1. The zero-order valence-electron chi connectivity index (χ0n) is 19.1. The van der Waals surface area contributed by atoms with E-state index in [1.807, 2.05) is 45.9 Å².